The van der Waals surface area contributed by atoms with Gasteiger partial charge in [0.25, 0.3) is 5.91 Å². The molecule has 1 atom stereocenters. The van der Waals surface area contributed by atoms with Crippen molar-refractivity contribution in [1.29, 1.82) is 0 Å². The van der Waals surface area contributed by atoms with Crippen molar-refractivity contribution in [1.82, 2.24) is 14.9 Å². The monoisotopic (exact) mass is 264 g/mol. The van der Waals surface area contributed by atoms with Crippen molar-refractivity contribution in [3.8, 4) is 0 Å². The molecule has 2 heterocycles. The fourth-order valence-corrected chi connectivity index (χ4v) is 2.18. The molecule has 1 amide bonds. The summed E-state index contributed by atoms with van der Waals surface area (Å²) in [7, 11) is 1.35. The van der Waals surface area contributed by atoms with E-state index in [0.29, 0.717) is 13.1 Å². The summed E-state index contributed by atoms with van der Waals surface area (Å²) >= 11 is 0. The highest BCUT2D eigenvalue weighted by Gasteiger charge is 2.30. The van der Waals surface area contributed by atoms with E-state index in [-0.39, 0.29) is 29.3 Å². The van der Waals surface area contributed by atoms with Crippen molar-refractivity contribution in [3.05, 3.63) is 18.1 Å². The highest BCUT2D eigenvalue weighted by molar-refractivity contribution is 5.96. The smallest absolute Gasteiger partial charge is 0.310 e. The number of nitrogens with zero attached hydrogens (tertiary/aromatic N) is 3. The van der Waals surface area contributed by atoms with Gasteiger partial charge in [0, 0.05) is 25.5 Å². The van der Waals surface area contributed by atoms with Crippen LogP contribution in [0.25, 0.3) is 0 Å². The number of carbonyl (C=O) groups excluding carboxylic acids is 2. The molecule has 0 aliphatic carbocycles. The average Bonchev–Trinajstić information content (AvgIpc) is 2.46. The van der Waals surface area contributed by atoms with Crippen molar-refractivity contribution in [2.24, 2.45) is 5.92 Å². The number of nitrogen functional groups attached to an aromatic ring is 1. The van der Waals surface area contributed by atoms with Crippen LogP contribution in [0.1, 0.15) is 23.3 Å². The normalized spacial score (nSPS) is 19.0. The first-order chi connectivity index (χ1) is 9.13. The van der Waals surface area contributed by atoms with Crippen LogP contribution in [0.15, 0.2) is 12.4 Å². The summed E-state index contributed by atoms with van der Waals surface area (Å²) in [5.41, 5.74) is 5.77. The predicted octanol–water partition coefficient (Wildman–Crippen LogP) is 0.0840. The fraction of sp³-hybridized carbons (Fsp3) is 0.500. The standard InChI is InChI=1S/C12H16N4O3/c1-19-12(18)8-3-2-6-16(7-8)11(17)9-10(13)15-5-4-14-9/h4-5,8H,2-3,6-7H2,1H3,(H2,13,15). The van der Waals surface area contributed by atoms with Gasteiger partial charge in [0.15, 0.2) is 11.5 Å². The quantitative estimate of drug-likeness (QED) is 0.760. The number of aromatic nitrogens is 2. The minimum absolute atomic E-state index is 0.104. The molecule has 2 rings (SSSR count). The van der Waals surface area contributed by atoms with Crippen molar-refractivity contribution in [2.45, 2.75) is 12.8 Å². The number of hydrogen-bond donors (Lipinski definition) is 1. The van der Waals surface area contributed by atoms with E-state index in [1.165, 1.54) is 19.5 Å². The van der Waals surface area contributed by atoms with Crippen molar-refractivity contribution >= 4 is 17.7 Å². The van der Waals surface area contributed by atoms with Crippen LogP contribution >= 0.6 is 0 Å². The fourth-order valence-electron chi connectivity index (χ4n) is 2.18. The van der Waals surface area contributed by atoms with E-state index in [4.69, 9.17) is 10.5 Å². The summed E-state index contributed by atoms with van der Waals surface area (Å²) in [5, 5.41) is 0. The van der Waals surface area contributed by atoms with E-state index < -0.39 is 0 Å². The molecule has 1 unspecified atom stereocenters. The molecule has 0 spiro atoms. The van der Waals surface area contributed by atoms with E-state index >= 15 is 0 Å². The van der Waals surface area contributed by atoms with E-state index in [2.05, 4.69) is 9.97 Å². The Kier molecular flexibility index (Phi) is 3.94. The van der Waals surface area contributed by atoms with Gasteiger partial charge in [-0.1, -0.05) is 0 Å². The topological polar surface area (TPSA) is 98.4 Å². The van der Waals surface area contributed by atoms with Crippen LogP contribution in [0.4, 0.5) is 5.82 Å². The molecule has 19 heavy (non-hydrogen) atoms. The maximum Gasteiger partial charge on any atom is 0.310 e. The number of hydrogen-bond acceptors (Lipinski definition) is 6. The molecule has 0 radical (unpaired) electrons. The molecular weight excluding hydrogens is 248 g/mol. The van der Waals surface area contributed by atoms with Gasteiger partial charge in [-0.2, -0.15) is 0 Å². The van der Waals surface area contributed by atoms with Crippen LogP contribution in [-0.4, -0.2) is 46.9 Å². The van der Waals surface area contributed by atoms with Gasteiger partial charge in [-0.15, -0.1) is 0 Å². The molecule has 1 aromatic heterocycles. The number of methoxy groups -OCH3 is 1. The Morgan fingerprint density at radius 1 is 1.42 bits per heavy atom. The molecule has 1 saturated heterocycles. The number of nitrogens with two attached hydrogens (primary N) is 1. The lowest BCUT2D eigenvalue weighted by molar-refractivity contribution is -0.146. The van der Waals surface area contributed by atoms with E-state index in [9.17, 15) is 9.59 Å². The highest BCUT2D eigenvalue weighted by Crippen LogP contribution is 2.20. The maximum atomic E-state index is 12.3. The number of esters is 1. The summed E-state index contributed by atoms with van der Waals surface area (Å²) in [4.78, 5) is 33.2. The van der Waals surface area contributed by atoms with Crippen molar-refractivity contribution in [2.75, 3.05) is 25.9 Å². The molecule has 1 fully saturated rings. The lowest BCUT2D eigenvalue weighted by Gasteiger charge is -2.31. The molecule has 2 N–H and O–H groups in total. The van der Waals surface area contributed by atoms with Crippen LogP contribution in [0.3, 0.4) is 0 Å². The van der Waals surface area contributed by atoms with Crippen molar-refractivity contribution in [3.63, 3.8) is 0 Å². The number of anilines is 1. The third-order valence-electron chi connectivity index (χ3n) is 3.17. The van der Waals surface area contributed by atoms with E-state index in [0.717, 1.165) is 12.8 Å². The minimum Gasteiger partial charge on any atom is -0.469 e. The van der Waals surface area contributed by atoms with Gasteiger partial charge in [0.1, 0.15) is 0 Å². The Balaban J connectivity index is 2.11. The van der Waals surface area contributed by atoms with Gasteiger partial charge in [0.05, 0.1) is 13.0 Å². The number of piperidine rings is 1. The van der Waals surface area contributed by atoms with E-state index in [1.54, 1.807) is 4.90 Å². The molecule has 1 aliphatic rings. The Labute approximate surface area is 110 Å². The van der Waals surface area contributed by atoms with Crippen LogP contribution in [0.5, 0.6) is 0 Å². The Bertz CT molecular complexity index is 492. The first-order valence-corrected chi connectivity index (χ1v) is 6.07. The summed E-state index contributed by atoms with van der Waals surface area (Å²) in [5.74, 6) is -0.753. The molecule has 7 heteroatoms. The van der Waals surface area contributed by atoms with Crippen molar-refractivity contribution < 1.29 is 14.3 Å². The second-order valence-corrected chi connectivity index (χ2v) is 4.40. The van der Waals surface area contributed by atoms with Gasteiger partial charge in [0.2, 0.25) is 0 Å². The van der Waals surface area contributed by atoms with Gasteiger partial charge in [-0.25, -0.2) is 9.97 Å². The molecule has 0 aromatic carbocycles. The zero-order valence-corrected chi connectivity index (χ0v) is 10.7. The lowest BCUT2D eigenvalue weighted by atomic mass is 9.98. The second-order valence-electron chi connectivity index (χ2n) is 4.40. The first kappa shape index (κ1) is 13.3. The number of amides is 1. The highest BCUT2D eigenvalue weighted by atomic mass is 16.5. The van der Waals surface area contributed by atoms with Gasteiger partial charge >= 0.3 is 5.97 Å². The molecule has 102 valence electrons. The van der Waals surface area contributed by atoms with Crippen LogP contribution < -0.4 is 5.73 Å². The summed E-state index contributed by atoms with van der Waals surface area (Å²) in [6, 6.07) is 0. The Hall–Kier alpha value is -2.18. The molecule has 1 aliphatic heterocycles. The molecular formula is C12H16N4O3. The SMILES string of the molecule is COC(=O)C1CCCN(C(=O)c2nccnc2N)C1. The number of likely N-dealkylation sites (tertiary alicyclic amines) is 1. The van der Waals surface area contributed by atoms with Gasteiger partial charge < -0.3 is 15.4 Å². The predicted molar refractivity (Wildman–Crippen MR) is 67.1 cm³/mol. The Morgan fingerprint density at radius 2 is 2.16 bits per heavy atom. The summed E-state index contributed by atoms with van der Waals surface area (Å²) in [6.07, 6.45) is 4.34. The number of ether oxygens (including phenoxy) is 1. The zero-order chi connectivity index (χ0) is 13.8. The number of carbonyl (C=O) groups is 2. The largest absolute Gasteiger partial charge is 0.469 e. The third-order valence-corrected chi connectivity index (χ3v) is 3.17. The number of rotatable bonds is 2. The van der Waals surface area contributed by atoms with Gasteiger partial charge in [-0.05, 0) is 12.8 Å². The second kappa shape index (κ2) is 5.64. The Morgan fingerprint density at radius 3 is 2.84 bits per heavy atom. The molecule has 1 aromatic rings. The molecule has 0 saturated carbocycles. The summed E-state index contributed by atoms with van der Waals surface area (Å²) < 4.78 is 4.72. The lowest BCUT2D eigenvalue weighted by Crippen LogP contribution is -2.43. The third kappa shape index (κ3) is 2.81. The first-order valence-electron chi connectivity index (χ1n) is 6.07. The molecule has 7 nitrogen and oxygen atoms in total. The van der Waals surface area contributed by atoms with E-state index in [1.807, 2.05) is 0 Å². The zero-order valence-electron chi connectivity index (χ0n) is 10.7. The van der Waals surface area contributed by atoms with Crippen LogP contribution in [-0.2, 0) is 9.53 Å². The minimum atomic E-state index is -0.292. The molecule has 0 bridgehead atoms. The van der Waals surface area contributed by atoms with Crippen LogP contribution in [0, 0.1) is 5.92 Å². The summed E-state index contributed by atoms with van der Waals surface area (Å²) in [6.45, 7) is 0.920. The van der Waals surface area contributed by atoms with Crippen LogP contribution in [0.2, 0.25) is 0 Å². The van der Waals surface area contributed by atoms with Gasteiger partial charge in [-0.3, -0.25) is 9.59 Å². The maximum absolute atomic E-state index is 12.3. The average molecular weight is 264 g/mol.